The summed E-state index contributed by atoms with van der Waals surface area (Å²) in [6, 6.07) is 45.9. The highest BCUT2D eigenvalue weighted by Crippen LogP contribution is 2.44. The van der Waals surface area contributed by atoms with Crippen LogP contribution in [0.2, 0.25) is 0 Å². The highest BCUT2D eigenvalue weighted by molar-refractivity contribution is 6.02. The largest absolute Gasteiger partial charge is 0.492 e. The minimum absolute atomic E-state index is 0.526. The van der Waals surface area contributed by atoms with Crippen LogP contribution in [0.1, 0.15) is 11.1 Å². The van der Waals surface area contributed by atoms with E-state index in [0.717, 1.165) is 79.9 Å². The van der Waals surface area contributed by atoms with Crippen LogP contribution in [0.4, 0.5) is 11.4 Å². The van der Waals surface area contributed by atoms with Gasteiger partial charge in [-0.1, -0.05) is 84.9 Å². The molecule has 1 heterocycles. The molecule has 0 N–H and O–H groups in total. The zero-order valence-corrected chi connectivity index (χ0v) is 23.2. The molecule has 1 aliphatic heterocycles. The Morgan fingerprint density at radius 1 is 0.429 bits per heavy atom. The van der Waals surface area contributed by atoms with Crippen molar-refractivity contribution in [3.63, 3.8) is 0 Å². The lowest BCUT2D eigenvalue weighted by Crippen LogP contribution is -2.05. The van der Waals surface area contributed by atoms with E-state index in [2.05, 4.69) is 107 Å². The summed E-state index contributed by atoms with van der Waals surface area (Å²) in [5.74, 6) is 1.74. The Morgan fingerprint density at radius 3 is 1.33 bits per heavy atom. The zero-order chi connectivity index (χ0) is 28.1. The third-order valence-electron chi connectivity index (χ3n) is 7.65. The number of azo groups is 1. The van der Waals surface area contributed by atoms with E-state index in [9.17, 15) is 0 Å². The first-order valence-electron chi connectivity index (χ1n) is 14.4. The summed E-state index contributed by atoms with van der Waals surface area (Å²) >= 11 is 0. The Morgan fingerprint density at radius 2 is 0.881 bits per heavy atom. The van der Waals surface area contributed by atoms with E-state index in [0.29, 0.717) is 13.2 Å². The molecule has 0 aromatic heterocycles. The number of nitrogens with zero attached hydrogens (tertiary/aromatic N) is 2. The summed E-state index contributed by atoms with van der Waals surface area (Å²) in [4.78, 5) is 0. The lowest BCUT2D eigenvalue weighted by atomic mass is 9.95. The van der Waals surface area contributed by atoms with Crippen molar-refractivity contribution in [2.24, 2.45) is 10.2 Å². The van der Waals surface area contributed by atoms with Gasteiger partial charge in [0, 0.05) is 34.7 Å². The van der Waals surface area contributed by atoms with Crippen molar-refractivity contribution < 1.29 is 9.47 Å². The molecule has 204 valence electrons. The van der Waals surface area contributed by atoms with Gasteiger partial charge in [0.05, 0.1) is 24.6 Å². The number of benzene rings is 6. The van der Waals surface area contributed by atoms with Crippen molar-refractivity contribution in [1.29, 1.82) is 0 Å². The Labute approximate surface area is 245 Å². The molecule has 4 nitrogen and oxygen atoms in total. The number of fused-ring (bicyclic) bond motifs is 4. The Hall–Kier alpha value is -5.22. The first kappa shape index (κ1) is 25.7. The predicted molar refractivity (Wildman–Crippen MR) is 170 cm³/mol. The third kappa shape index (κ3) is 5.39. The molecular formula is C38H30N2O2. The van der Waals surface area contributed by atoms with Crippen molar-refractivity contribution in [3.05, 3.63) is 145 Å². The summed E-state index contributed by atoms with van der Waals surface area (Å²) in [5, 5.41) is 11.1. The number of rotatable bonds is 2. The fourth-order valence-corrected chi connectivity index (χ4v) is 5.56. The van der Waals surface area contributed by atoms with Crippen molar-refractivity contribution in [2.75, 3.05) is 13.2 Å². The summed E-state index contributed by atoms with van der Waals surface area (Å²) < 4.78 is 13.3. The summed E-state index contributed by atoms with van der Waals surface area (Å²) in [5.41, 5.74) is 8.33. The molecule has 0 unspecified atom stereocenters. The second-order valence-corrected chi connectivity index (χ2v) is 10.4. The molecule has 4 heteroatoms. The maximum absolute atomic E-state index is 6.67. The number of hydrogen-bond donors (Lipinski definition) is 0. The first-order valence-corrected chi connectivity index (χ1v) is 14.4. The quantitative estimate of drug-likeness (QED) is 0.217. The van der Waals surface area contributed by atoms with Crippen LogP contribution in [0.25, 0.3) is 33.0 Å². The van der Waals surface area contributed by atoms with E-state index in [4.69, 9.17) is 9.47 Å². The SMILES string of the molecule is c1ccc(-c2ccc3c4c(-c5ccccc5)ccc3c2OCCc2cccc(c2)N=Nc2cccc(c2)CCO4)cc1. The number of hydrogen-bond acceptors (Lipinski definition) is 4. The monoisotopic (exact) mass is 546 g/mol. The molecule has 42 heavy (non-hydrogen) atoms. The molecule has 0 atom stereocenters. The van der Waals surface area contributed by atoms with Crippen LogP contribution in [0.3, 0.4) is 0 Å². The molecule has 0 aliphatic carbocycles. The van der Waals surface area contributed by atoms with Gasteiger partial charge in [0.25, 0.3) is 0 Å². The van der Waals surface area contributed by atoms with Crippen LogP contribution in [0.15, 0.2) is 144 Å². The molecule has 0 amide bonds. The molecule has 1 aliphatic rings. The summed E-state index contributed by atoms with van der Waals surface area (Å²) in [6.07, 6.45) is 1.49. The van der Waals surface area contributed by atoms with Crippen molar-refractivity contribution in [3.8, 4) is 33.8 Å². The highest BCUT2D eigenvalue weighted by Gasteiger charge is 2.18. The molecule has 0 spiro atoms. The van der Waals surface area contributed by atoms with Gasteiger partial charge in [0.1, 0.15) is 11.5 Å². The van der Waals surface area contributed by atoms with Crippen molar-refractivity contribution in [1.82, 2.24) is 0 Å². The average molecular weight is 547 g/mol. The standard InChI is InChI=1S/C38H30N2O2/c1-3-11-29(12-4-1)33-17-19-36-35-20-18-34(30-13-5-2-6-14-30)38(36)42-24-22-28-10-8-16-32(26-28)40-39-31-15-7-9-27(25-31)21-23-41-37(33)35/h1-20,25-26H,21-24H2. The molecule has 7 rings (SSSR count). The Balaban J connectivity index is 1.39. The molecule has 8 bridgehead atoms. The number of ether oxygens (including phenoxy) is 2. The molecular weight excluding hydrogens is 516 g/mol. The van der Waals surface area contributed by atoms with Gasteiger partial charge in [0.15, 0.2) is 0 Å². The smallest absolute Gasteiger partial charge is 0.135 e. The Kier molecular flexibility index (Phi) is 7.18. The lowest BCUT2D eigenvalue weighted by Gasteiger charge is -2.19. The summed E-state index contributed by atoms with van der Waals surface area (Å²) in [6.45, 7) is 1.05. The van der Waals surface area contributed by atoms with Crippen molar-refractivity contribution in [2.45, 2.75) is 12.8 Å². The van der Waals surface area contributed by atoms with E-state index in [-0.39, 0.29) is 0 Å². The van der Waals surface area contributed by atoms with Crippen LogP contribution in [-0.4, -0.2) is 13.2 Å². The topological polar surface area (TPSA) is 43.2 Å². The van der Waals surface area contributed by atoms with E-state index < -0.39 is 0 Å². The fourth-order valence-electron chi connectivity index (χ4n) is 5.56. The van der Waals surface area contributed by atoms with Gasteiger partial charge in [-0.15, -0.1) is 0 Å². The predicted octanol–water partition coefficient (Wildman–Crippen LogP) is 10.1. The highest BCUT2D eigenvalue weighted by atomic mass is 16.5. The van der Waals surface area contributed by atoms with Gasteiger partial charge >= 0.3 is 0 Å². The molecule has 6 aromatic carbocycles. The van der Waals surface area contributed by atoms with Crippen LogP contribution < -0.4 is 9.47 Å². The van der Waals surface area contributed by atoms with E-state index >= 15 is 0 Å². The Bertz CT molecular complexity index is 1740. The maximum Gasteiger partial charge on any atom is 0.135 e. The molecule has 0 saturated carbocycles. The van der Waals surface area contributed by atoms with Gasteiger partial charge in [-0.05, 0) is 70.8 Å². The van der Waals surface area contributed by atoms with E-state index in [1.807, 2.05) is 36.4 Å². The van der Waals surface area contributed by atoms with Crippen LogP contribution in [-0.2, 0) is 12.8 Å². The second-order valence-electron chi connectivity index (χ2n) is 10.4. The van der Waals surface area contributed by atoms with Gasteiger partial charge < -0.3 is 9.47 Å². The average Bonchev–Trinajstić information content (AvgIpc) is 3.05. The van der Waals surface area contributed by atoms with Crippen molar-refractivity contribution >= 4 is 22.1 Å². The minimum atomic E-state index is 0.526. The third-order valence-corrected chi connectivity index (χ3v) is 7.65. The van der Waals surface area contributed by atoms with Crippen LogP contribution in [0, 0.1) is 0 Å². The second kappa shape index (κ2) is 11.7. The van der Waals surface area contributed by atoms with Gasteiger partial charge in [-0.25, -0.2) is 0 Å². The minimum Gasteiger partial charge on any atom is -0.492 e. The van der Waals surface area contributed by atoms with Crippen LogP contribution in [0.5, 0.6) is 11.5 Å². The molecule has 6 aromatic rings. The zero-order valence-electron chi connectivity index (χ0n) is 23.2. The fraction of sp³-hybridized carbons (Fsp3) is 0.105. The molecule has 0 fully saturated rings. The van der Waals surface area contributed by atoms with Gasteiger partial charge in [0.2, 0.25) is 0 Å². The summed E-state index contributed by atoms with van der Waals surface area (Å²) in [7, 11) is 0. The first-order chi connectivity index (χ1) is 20.8. The molecule has 0 radical (unpaired) electrons. The van der Waals surface area contributed by atoms with Gasteiger partial charge in [-0.3, -0.25) is 0 Å². The normalized spacial score (nSPS) is 13.1. The van der Waals surface area contributed by atoms with E-state index in [1.54, 1.807) is 0 Å². The maximum atomic E-state index is 6.67. The lowest BCUT2D eigenvalue weighted by molar-refractivity contribution is 0.323. The van der Waals surface area contributed by atoms with Crippen LogP contribution >= 0.6 is 0 Å². The molecule has 0 saturated heterocycles. The van der Waals surface area contributed by atoms with E-state index in [1.165, 1.54) is 0 Å². The van der Waals surface area contributed by atoms with Gasteiger partial charge in [-0.2, -0.15) is 10.2 Å².